The third-order valence-corrected chi connectivity index (χ3v) is 8.18. The highest BCUT2D eigenvalue weighted by molar-refractivity contribution is 6.74. The molecule has 15 heavy (non-hydrogen) atoms. The Hall–Kier alpha value is -0.353. The van der Waals surface area contributed by atoms with Crippen LogP contribution in [-0.2, 0) is 9.22 Å². The topological polar surface area (TPSA) is 38.3 Å². The van der Waals surface area contributed by atoms with E-state index in [9.17, 15) is 4.79 Å². The molecule has 1 amide bonds. The molecular weight excluding hydrogens is 206 g/mol. The predicted octanol–water partition coefficient (Wildman–Crippen LogP) is 2.29. The lowest BCUT2D eigenvalue weighted by atomic mass is 10.0. The van der Waals surface area contributed by atoms with Gasteiger partial charge in [-0.25, -0.2) is 0 Å². The maximum absolute atomic E-state index is 10.8. The molecule has 0 unspecified atom stereocenters. The molecule has 0 radical (unpaired) electrons. The van der Waals surface area contributed by atoms with Gasteiger partial charge in [0.05, 0.1) is 12.1 Å². The van der Waals surface area contributed by atoms with Crippen molar-refractivity contribution in [2.75, 3.05) is 0 Å². The van der Waals surface area contributed by atoms with Crippen molar-refractivity contribution < 1.29 is 9.22 Å². The molecule has 0 aromatic carbocycles. The molecule has 1 heterocycles. The summed E-state index contributed by atoms with van der Waals surface area (Å²) in [5.41, 5.74) is 0. The minimum Gasteiger partial charge on any atom is -0.412 e. The first-order chi connectivity index (χ1) is 6.63. The van der Waals surface area contributed by atoms with Gasteiger partial charge in [-0.15, -0.1) is 0 Å². The molecule has 0 spiro atoms. The first-order valence-corrected chi connectivity index (χ1v) is 8.51. The summed E-state index contributed by atoms with van der Waals surface area (Å²) < 4.78 is 6.18. The van der Waals surface area contributed by atoms with E-state index in [4.69, 9.17) is 4.43 Å². The van der Waals surface area contributed by atoms with Gasteiger partial charge in [0.25, 0.3) is 0 Å². The van der Waals surface area contributed by atoms with Crippen LogP contribution in [-0.4, -0.2) is 26.4 Å². The van der Waals surface area contributed by atoms with E-state index in [1.165, 1.54) is 0 Å². The fourth-order valence-electron chi connectivity index (χ4n) is 1.39. The van der Waals surface area contributed by atoms with E-state index in [0.29, 0.717) is 6.42 Å². The lowest BCUT2D eigenvalue weighted by molar-refractivity contribution is -0.130. The van der Waals surface area contributed by atoms with E-state index in [1.807, 2.05) is 0 Å². The average Bonchev–Trinajstić information content (AvgIpc) is 1.95. The van der Waals surface area contributed by atoms with Gasteiger partial charge >= 0.3 is 0 Å². The summed E-state index contributed by atoms with van der Waals surface area (Å²) in [6.45, 7) is 13.2. The number of amides is 1. The number of hydrogen-bond acceptors (Lipinski definition) is 2. The van der Waals surface area contributed by atoms with Crippen molar-refractivity contribution >= 4 is 14.2 Å². The van der Waals surface area contributed by atoms with E-state index in [0.717, 1.165) is 0 Å². The summed E-state index contributed by atoms with van der Waals surface area (Å²) >= 11 is 0. The van der Waals surface area contributed by atoms with Crippen molar-refractivity contribution in [2.45, 2.75) is 64.4 Å². The smallest absolute Gasteiger partial charge is 0.222 e. The van der Waals surface area contributed by atoms with Crippen LogP contribution in [0, 0.1) is 0 Å². The van der Waals surface area contributed by atoms with Crippen LogP contribution >= 0.6 is 0 Å². The quantitative estimate of drug-likeness (QED) is 0.595. The Morgan fingerprint density at radius 3 is 2.27 bits per heavy atom. The van der Waals surface area contributed by atoms with Gasteiger partial charge in [0.1, 0.15) is 0 Å². The normalized spacial score (nSPS) is 24.4. The summed E-state index contributed by atoms with van der Waals surface area (Å²) in [6, 6.07) is 0.228. The largest absolute Gasteiger partial charge is 0.412 e. The number of rotatable bonds is 3. The second kappa shape index (κ2) is 3.90. The summed E-state index contributed by atoms with van der Waals surface area (Å²) in [4.78, 5) is 10.8. The molecule has 0 aliphatic carbocycles. The maximum Gasteiger partial charge on any atom is 0.222 e. The maximum atomic E-state index is 10.8. The zero-order valence-electron chi connectivity index (χ0n) is 10.7. The lowest BCUT2D eigenvalue weighted by Crippen LogP contribution is -2.58. The average molecular weight is 229 g/mol. The van der Waals surface area contributed by atoms with Crippen molar-refractivity contribution in [3.8, 4) is 0 Å². The van der Waals surface area contributed by atoms with Crippen LogP contribution in [0.4, 0.5) is 0 Å². The Balaban J connectivity index is 2.50. The zero-order chi connectivity index (χ0) is 11.9. The zero-order valence-corrected chi connectivity index (χ0v) is 11.7. The summed E-state index contributed by atoms with van der Waals surface area (Å²) in [5.74, 6) is 0.144. The Labute approximate surface area is 93.7 Å². The molecule has 0 saturated carbocycles. The molecule has 0 bridgehead atoms. The number of β-lactam (4-membered cyclic amide) rings is 1. The molecule has 1 fully saturated rings. The highest BCUT2D eigenvalue weighted by atomic mass is 28.4. The van der Waals surface area contributed by atoms with Crippen molar-refractivity contribution in [1.29, 1.82) is 0 Å². The van der Waals surface area contributed by atoms with Crippen LogP contribution in [0.5, 0.6) is 0 Å². The molecule has 1 rings (SSSR count). The summed E-state index contributed by atoms with van der Waals surface area (Å²) in [6.07, 6.45) is 0.763. The van der Waals surface area contributed by atoms with Gasteiger partial charge in [-0.2, -0.15) is 0 Å². The van der Waals surface area contributed by atoms with E-state index in [2.05, 4.69) is 46.1 Å². The van der Waals surface area contributed by atoms with Crippen molar-refractivity contribution in [1.82, 2.24) is 5.32 Å². The lowest BCUT2D eigenvalue weighted by Gasteiger charge is -2.42. The van der Waals surface area contributed by atoms with Gasteiger partial charge in [0.2, 0.25) is 5.91 Å². The first kappa shape index (κ1) is 12.7. The summed E-state index contributed by atoms with van der Waals surface area (Å²) in [7, 11) is -1.69. The Bertz CT molecular complexity index is 250. The third-order valence-electron chi connectivity index (χ3n) is 3.61. The van der Waals surface area contributed by atoms with Crippen LogP contribution in [0.15, 0.2) is 0 Å². The molecule has 1 aliphatic rings. The molecule has 3 nitrogen and oxygen atoms in total. The van der Waals surface area contributed by atoms with Crippen molar-refractivity contribution in [3.63, 3.8) is 0 Å². The third kappa shape index (κ3) is 2.81. The number of nitrogens with one attached hydrogen (secondary N) is 1. The van der Waals surface area contributed by atoms with E-state index < -0.39 is 8.32 Å². The number of hydrogen-bond donors (Lipinski definition) is 1. The van der Waals surface area contributed by atoms with Gasteiger partial charge in [-0.1, -0.05) is 20.8 Å². The fourth-order valence-corrected chi connectivity index (χ4v) is 2.84. The molecule has 88 valence electrons. The minimum absolute atomic E-state index is 0.142. The second-order valence-corrected chi connectivity index (χ2v) is 10.7. The standard InChI is InChI=1S/C11H23NO2Si/c1-8(9-7-10(13)12-9)14-15(5,6)11(2,3)4/h8-9H,7H2,1-6H3,(H,12,13)/t8-,9-/m0/s1. The van der Waals surface area contributed by atoms with Gasteiger partial charge in [-0.3, -0.25) is 4.79 Å². The molecule has 1 saturated heterocycles. The van der Waals surface area contributed by atoms with Gasteiger partial charge < -0.3 is 9.74 Å². The Kier molecular flexibility index (Phi) is 3.31. The highest BCUT2D eigenvalue weighted by Gasteiger charge is 2.41. The van der Waals surface area contributed by atoms with Crippen LogP contribution in [0.1, 0.15) is 34.1 Å². The van der Waals surface area contributed by atoms with Crippen LogP contribution in [0.3, 0.4) is 0 Å². The number of carbonyl (C=O) groups is 1. The Morgan fingerprint density at radius 1 is 1.47 bits per heavy atom. The van der Waals surface area contributed by atoms with Gasteiger partial charge in [-0.05, 0) is 25.1 Å². The van der Waals surface area contributed by atoms with E-state index in [-0.39, 0.29) is 23.1 Å². The van der Waals surface area contributed by atoms with Gasteiger partial charge in [0, 0.05) is 6.42 Å². The van der Waals surface area contributed by atoms with Crippen LogP contribution < -0.4 is 5.32 Å². The molecule has 0 aromatic heterocycles. The fraction of sp³-hybridized carbons (Fsp3) is 0.909. The molecular formula is C11H23NO2Si. The molecule has 2 atom stereocenters. The molecule has 1 N–H and O–H groups in total. The van der Waals surface area contributed by atoms with Crippen molar-refractivity contribution in [3.05, 3.63) is 0 Å². The predicted molar refractivity (Wildman–Crippen MR) is 64.3 cm³/mol. The highest BCUT2D eigenvalue weighted by Crippen LogP contribution is 2.37. The minimum atomic E-state index is -1.69. The first-order valence-electron chi connectivity index (χ1n) is 5.61. The summed E-state index contributed by atoms with van der Waals surface area (Å²) in [5, 5.41) is 3.11. The monoisotopic (exact) mass is 229 g/mol. The van der Waals surface area contributed by atoms with Gasteiger partial charge in [0.15, 0.2) is 8.32 Å². The Morgan fingerprint density at radius 2 is 1.93 bits per heavy atom. The van der Waals surface area contributed by atoms with E-state index in [1.54, 1.807) is 0 Å². The van der Waals surface area contributed by atoms with Crippen LogP contribution in [0.25, 0.3) is 0 Å². The van der Waals surface area contributed by atoms with E-state index >= 15 is 0 Å². The molecule has 1 aliphatic heterocycles. The SMILES string of the molecule is C[C@H](O[Si](C)(C)C(C)(C)C)[C@@H]1CC(=O)N1. The van der Waals surface area contributed by atoms with Crippen LogP contribution in [0.2, 0.25) is 18.1 Å². The molecule has 0 aromatic rings. The number of carbonyl (C=O) groups excluding carboxylic acids is 1. The second-order valence-electron chi connectivity index (χ2n) is 5.96. The molecule has 4 heteroatoms. The van der Waals surface area contributed by atoms with Crippen molar-refractivity contribution in [2.24, 2.45) is 0 Å².